The number of carboxylic acids is 1. The van der Waals surface area contributed by atoms with Crippen LogP contribution in [0.2, 0.25) is 0 Å². The zero-order valence-electron chi connectivity index (χ0n) is 40.5. The molecule has 0 amide bonds. The highest BCUT2D eigenvalue weighted by atomic mass is 16.5. The molecule has 0 fully saturated rings. The maximum absolute atomic E-state index is 15.1. The molecule has 8 aromatic rings. The minimum absolute atomic E-state index is 0.0210. The van der Waals surface area contributed by atoms with Crippen LogP contribution in [-0.4, -0.2) is 61.4 Å². The highest BCUT2D eigenvalue weighted by molar-refractivity contribution is 6.54. The number of rotatable bonds is 16. The van der Waals surface area contributed by atoms with Gasteiger partial charge in [0.05, 0.1) is 62.9 Å². The van der Waals surface area contributed by atoms with Gasteiger partial charge in [0, 0.05) is 18.3 Å². The third-order valence-corrected chi connectivity index (χ3v) is 17.1. The van der Waals surface area contributed by atoms with Crippen LogP contribution in [-0.2, 0) is 53.8 Å². The van der Waals surface area contributed by atoms with E-state index in [0.717, 1.165) is 131 Å². The Balaban J connectivity index is 1.28. The van der Waals surface area contributed by atoms with E-state index in [1.54, 1.807) is 13.8 Å². The monoisotopic (exact) mass is 932 g/mol. The topological polar surface area (TPSA) is 143 Å². The Hall–Kier alpha value is -7.07. The molecule has 0 radical (unpaired) electrons. The fourth-order valence-electron chi connectivity index (χ4n) is 15.5. The third-order valence-electron chi connectivity index (χ3n) is 17.1. The van der Waals surface area contributed by atoms with Gasteiger partial charge in [0.1, 0.15) is 0 Å². The van der Waals surface area contributed by atoms with Gasteiger partial charge in [-0.3, -0.25) is 24.0 Å². The van der Waals surface area contributed by atoms with Crippen molar-refractivity contribution in [3.63, 3.8) is 0 Å². The second-order valence-corrected chi connectivity index (χ2v) is 20.3. The van der Waals surface area contributed by atoms with Crippen molar-refractivity contribution >= 4 is 117 Å². The zero-order valence-corrected chi connectivity index (χ0v) is 40.5. The Morgan fingerprint density at radius 3 is 1.76 bits per heavy atom. The second-order valence-electron chi connectivity index (χ2n) is 20.3. The number of carbonyl (C=O) groups is 5. The van der Waals surface area contributed by atoms with Gasteiger partial charge in [-0.05, 0) is 180 Å². The lowest BCUT2D eigenvalue weighted by Crippen LogP contribution is -2.47. The van der Waals surface area contributed by atoms with Crippen LogP contribution in [0.25, 0.3) is 87.1 Å². The zero-order chi connectivity index (χ0) is 48.6. The Bertz CT molecular complexity index is 3880. The quantitative estimate of drug-likeness (QED) is 0.0565. The normalized spacial score (nSPS) is 21.9. The van der Waals surface area contributed by atoms with Crippen LogP contribution in [0.3, 0.4) is 0 Å². The molecule has 10 nitrogen and oxygen atoms in total. The molecule has 1 N–H and O–H groups in total. The molecule has 3 unspecified atom stereocenters. The molecular formula is C60H52O10. The molecular weight excluding hydrogens is 881 g/mol. The maximum atomic E-state index is 15.1. The summed E-state index contributed by atoms with van der Waals surface area (Å²) in [7, 11) is 0. The van der Waals surface area contributed by atoms with E-state index in [4.69, 9.17) is 18.9 Å². The van der Waals surface area contributed by atoms with Crippen LogP contribution in [0.5, 0.6) is 0 Å². The van der Waals surface area contributed by atoms with E-state index in [2.05, 4.69) is 62.4 Å². The highest BCUT2D eigenvalue weighted by Crippen LogP contribution is 2.78. The number of esters is 4. The number of allylic oxidation sites excluding steroid dienone is 6. The highest BCUT2D eigenvalue weighted by Gasteiger charge is 2.67. The molecule has 5 aliphatic carbocycles. The molecule has 8 aromatic carbocycles. The van der Waals surface area contributed by atoms with Crippen molar-refractivity contribution in [2.24, 2.45) is 11.8 Å². The molecule has 4 atom stereocenters. The lowest BCUT2D eigenvalue weighted by Gasteiger charge is -2.51. The smallest absolute Gasteiger partial charge is 0.309 e. The number of ether oxygens (including phenoxy) is 4. The first-order valence-electron chi connectivity index (χ1n) is 25.0. The van der Waals surface area contributed by atoms with Crippen LogP contribution in [0, 0.1) is 18.8 Å². The fourth-order valence-corrected chi connectivity index (χ4v) is 15.5. The van der Waals surface area contributed by atoms with E-state index < -0.39 is 28.6 Å². The van der Waals surface area contributed by atoms with E-state index >= 15 is 4.79 Å². The third kappa shape index (κ3) is 4.92. The number of hydrogen-bond acceptors (Lipinski definition) is 9. The first kappa shape index (κ1) is 43.0. The van der Waals surface area contributed by atoms with Crippen molar-refractivity contribution in [1.29, 1.82) is 0 Å². The minimum atomic E-state index is -1.18. The van der Waals surface area contributed by atoms with Gasteiger partial charge < -0.3 is 24.1 Å². The summed E-state index contributed by atoms with van der Waals surface area (Å²) in [6.45, 7) is 14.3. The molecule has 5 aliphatic rings. The van der Waals surface area contributed by atoms with Crippen molar-refractivity contribution in [3.8, 4) is 0 Å². The number of aryl methyl sites for hydroxylation is 1. The predicted molar refractivity (Wildman–Crippen MR) is 271 cm³/mol. The average Bonchev–Trinajstić information content (AvgIpc) is 4.06. The summed E-state index contributed by atoms with van der Waals surface area (Å²) in [4.78, 5) is 69.3. The molecule has 0 heterocycles. The summed E-state index contributed by atoms with van der Waals surface area (Å²) in [5.74, 6) is -3.26. The summed E-state index contributed by atoms with van der Waals surface area (Å²) in [5, 5.41) is 26.2. The number of fused-ring (bicyclic) bond motifs is 5. The molecule has 10 heteroatoms. The van der Waals surface area contributed by atoms with Crippen molar-refractivity contribution in [3.05, 3.63) is 104 Å². The van der Waals surface area contributed by atoms with Gasteiger partial charge in [0.25, 0.3) is 0 Å². The van der Waals surface area contributed by atoms with Gasteiger partial charge >= 0.3 is 29.8 Å². The van der Waals surface area contributed by atoms with Crippen molar-refractivity contribution in [2.75, 3.05) is 26.4 Å². The number of benzene rings is 6. The Labute approximate surface area is 403 Å². The average molecular weight is 933 g/mol. The largest absolute Gasteiger partial charge is 0.481 e. The standard InChI is InChI=1S/C60H52O10/c1-8-67-39(63)21-26(5)20-29-12-13-32-33-14-15-34-35-16-17-36-37-22-30(23-40(64)68-9-2)44-31(18-19-38(61)62)27(6)55-56(44)59(37,24-41(65)69-10-3)57-49(36)48(35)51-47(34)46(33)50-45(32)43(29)28(7)54-52(50)53(51)58(57)60(54,55)25-42(66)70-11-4/h12-17,20,22,30-31H,8-11,18-19,21,23-25H2,1-7H3,(H,61,62)/b26-20+/t30?,31?,59?,60-/m0/s1. The summed E-state index contributed by atoms with van der Waals surface area (Å²) >= 11 is 0. The maximum Gasteiger partial charge on any atom is 0.309 e. The molecule has 0 saturated carbocycles. The molecule has 352 valence electrons. The lowest BCUT2D eigenvalue weighted by molar-refractivity contribution is -0.145. The van der Waals surface area contributed by atoms with Crippen molar-refractivity contribution in [2.45, 2.75) is 97.8 Å². The minimum Gasteiger partial charge on any atom is -0.481 e. The molecule has 13 rings (SSSR count). The van der Waals surface area contributed by atoms with Crippen LogP contribution >= 0.6 is 0 Å². The first-order chi connectivity index (χ1) is 33.8. The predicted octanol–water partition coefficient (Wildman–Crippen LogP) is 12.0. The number of hydrogen-bond donors (Lipinski definition) is 1. The van der Waals surface area contributed by atoms with Crippen LogP contribution in [0.15, 0.2) is 70.3 Å². The van der Waals surface area contributed by atoms with Crippen LogP contribution in [0.1, 0.15) is 113 Å². The summed E-state index contributed by atoms with van der Waals surface area (Å²) < 4.78 is 23.1. The SMILES string of the molecule is CCOC(=O)C/C(C)=C/c1ccc2c3ccc4c5ccc6c7c8c9c%10c%11c(c(C)c1c2c%11c3c4c%10c75)[C@@]9(CC(=O)OCC)C1=C(C)C(CCC(=O)O)C2=C1C8(CC(=O)OCC)C6=CC2CC(=O)OCC. The number of carboxylic acid groups (broad SMARTS) is 1. The number of aliphatic carboxylic acids is 1. The van der Waals surface area contributed by atoms with Crippen molar-refractivity contribution in [1.82, 2.24) is 0 Å². The van der Waals surface area contributed by atoms with Gasteiger partial charge in [-0.25, -0.2) is 0 Å². The first-order valence-corrected chi connectivity index (χ1v) is 25.0. The summed E-state index contributed by atoms with van der Waals surface area (Å²) in [6, 6.07) is 13.4. The van der Waals surface area contributed by atoms with Gasteiger partial charge in [0.2, 0.25) is 0 Å². The molecule has 0 aliphatic heterocycles. The summed E-state index contributed by atoms with van der Waals surface area (Å²) in [6.07, 6.45) is 4.51. The van der Waals surface area contributed by atoms with E-state index in [1.807, 2.05) is 20.8 Å². The van der Waals surface area contributed by atoms with Crippen molar-refractivity contribution < 1.29 is 48.0 Å². The van der Waals surface area contributed by atoms with E-state index in [1.165, 1.54) is 10.8 Å². The van der Waals surface area contributed by atoms with E-state index in [0.29, 0.717) is 0 Å². The fraction of sp³-hybridized carbons (Fsp3) is 0.350. The molecule has 0 saturated heterocycles. The Kier molecular flexibility index (Phi) is 8.90. The number of carbonyl (C=O) groups excluding carboxylic acids is 4. The van der Waals surface area contributed by atoms with E-state index in [-0.39, 0.29) is 88.8 Å². The van der Waals surface area contributed by atoms with E-state index in [9.17, 15) is 24.3 Å². The van der Waals surface area contributed by atoms with Gasteiger partial charge in [-0.15, -0.1) is 0 Å². The molecule has 0 spiro atoms. The van der Waals surface area contributed by atoms with Crippen LogP contribution < -0.4 is 0 Å². The molecule has 0 aromatic heterocycles. The van der Waals surface area contributed by atoms with Gasteiger partial charge in [-0.2, -0.15) is 0 Å². The van der Waals surface area contributed by atoms with Crippen LogP contribution in [0.4, 0.5) is 0 Å². The lowest BCUT2D eigenvalue weighted by atomic mass is 9.50. The Morgan fingerprint density at radius 2 is 1.13 bits per heavy atom. The summed E-state index contributed by atoms with van der Waals surface area (Å²) in [5.41, 5.74) is 9.21. The van der Waals surface area contributed by atoms with Gasteiger partial charge in [0.15, 0.2) is 0 Å². The second kappa shape index (κ2) is 14.5. The Morgan fingerprint density at radius 1 is 0.600 bits per heavy atom. The molecule has 70 heavy (non-hydrogen) atoms. The van der Waals surface area contributed by atoms with Gasteiger partial charge in [-0.1, -0.05) is 65.3 Å². The molecule has 0 bridgehead atoms.